The van der Waals surface area contributed by atoms with Crippen LogP contribution in [0.4, 0.5) is 0 Å². The molecule has 0 radical (unpaired) electrons. The quantitative estimate of drug-likeness (QED) is 0.649. The van der Waals surface area contributed by atoms with Gasteiger partial charge in [-0.15, -0.1) is 0 Å². The minimum Gasteiger partial charge on any atom is -0.351 e. The molecule has 0 spiro atoms. The first-order valence-corrected chi connectivity index (χ1v) is 11.6. The van der Waals surface area contributed by atoms with E-state index in [-0.39, 0.29) is 11.7 Å². The third-order valence-electron chi connectivity index (χ3n) is 6.78. The third kappa shape index (κ3) is 4.30. The predicted octanol–water partition coefficient (Wildman–Crippen LogP) is 2.93. The Hall–Kier alpha value is -3.06. The maximum absolute atomic E-state index is 12.8. The smallest absolute Gasteiger partial charge is 0.256 e. The van der Waals surface area contributed by atoms with Crippen molar-refractivity contribution in [3.63, 3.8) is 0 Å². The Labute approximate surface area is 187 Å². The van der Waals surface area contributed by atoms with Crippen molar-refractivity contribution in [1.29, 1.82) is 0 Å². The SMILES string of the molecule is O=C1CCCc2c1cnc1c(C(=O)NCCN3CCC(Cc4ccccc4)CC3)cnn21. The Morgan fingerprint density at radius 1 is 1.09 bits per heavy atom. The van der Waals surface area contributed by atoms with Gasteiger partial charge in [0.15, 0.2) is 11.4 Å². The van der Waals surface area contributed by atoms with Gasteiger partial charge in [0.25, 0.3) is 5.91 Å². The molecule has 7 heteroatoms. The van der Waals surface area contributed by atoms with Crippen molar-refractivity contribution in [1.82, 2.24) is 24.8 Å². The van der Waals surface area contributed by atoms with Crippen molar-refractivity contribution >= 4 is 17.3 Å². The van der Waals surface area contributed by atoms with Gasteiger partial charge in [-0.25, -0.2) is 9.50 Å². The van der Waals surface area contributed by atoms with Crippen molar-refractivity contribution in [3.05, 3.63) is 65.1 Å². The summed E-state index contributed by atoms with van der Waals surface area (Å²) in [4.78, 5) is 31.7. The van der Waals surface area contributed by atoms with Gasteiger partial charge in [0.1, 0.15) is 5.56 Å². The molecule has 0 saturated carbocycles. The molecule has 2 aliphatic rings. The second-order valence-electron chi connectivity index (χ2n) is 8.92. The van der Waals surface area contributed by atoms with Crippen LogP contribution < -0.4 is 5.32 Å². The van der Waals surface area contributed by atoms with Crippen LogP contribution in [0.15, 0.2) is 42.7 Å². The molecule has 2 aromatic heterocycles. The van der Waals surface area contributed by atoms with Crippen molar-refractivity contribution in [2.75, 3.05) is 26.2 Å². The van der Waals surface area contributed by atoms with E-state index in [0.717, 1.165) is 50.5 Å². The number of aromatic nitrogens is 3. The Bertz CT molecular complexity index is 1120. The van der Waals surface area contributed by atoms with Gasteiger partial charge >= 0.3 is 0 Å². The first-order valence-electron chi connectivity index (χ1n) is 11.6. The molecule has 0 bridgehead atoms. The summed E-state index contributed by atoms with van der Waals surface area (Å²) in [7, 11) is 0. The summed E-state index contributed by atoms with van der Waals surface area (Å²) in [5.41, 5.74) is 3.91. The van der Waals surface area contributed by atoms with E-state index < -0.39 is 0 Å². The van der Waals surface area contributed by atoms with E-state index in [0.29, 0.717) is 29.7 Å². The standard InChI is InChI=1S/C25H29N5O2/c31-23-8-4-7-22-20(23)16-27-24-21(17-28-30(22)24)25(32)26-11-14-29-12-9-19(10-13-29)15-18-5-2-1-3-6-18/h1-3,5-6,16-17,19H,4,7-15H2,(H,26,32). The number of carbonyl (C=O) groups excluding carboxylic acids is 2. The summed E-state index contributed by atoms with van der Waals surface area (Å²) < 4.78 is 1.67. The lowest BCUT2D eigenvalue weighted by Crippen LogP contribution is -2.40. The van der Waals surface area contributed by atoms with Crippen LogP contribution in [-0.2, 0) is 12.8 Å². The van der Waals surface area contributed by atoms with E-state index in [4.69, 9.17) is 0 Å². The highest BCUT2D eigenvalue weighted by atomic mass is 16.1. The second kappa shape index (κ2) is 9.20. The fourth-order valence-electron chi connectivity index (χ4n) is 4.95. The molecule has 5 rings (SSSR count). The van der Waals surface area contributed by atoms with Crippen molar-refractivity contribution in [3.8, 4) is 0 Å². The van der Waals surface area contributed by atoms with E-state index in [9.17, 15) is 9.59 Å². The number of amides is 1. The molecule has 0 unspecified atom stereocenters. The maximum atomic E-state index is 12.8. The molecule has 3 aromatic rings. The Kier molecular flexibility index (Phi) is 5.99. The Morgan fingerprint density at radius 2 is 1.91 bits per heavy atom. The fraction of sp³-hybridized carbons (Fsp3) is 0.440. The molecule has 3 heterocycles. The number of piperidine rings is 1. The monoisotopic (exact) mass is 431 g/mol. The molecule has 7 nitrogen and oxygen atoms in total. The molecule has 1 aliphatic heterocycles. The largest absolute Gasteiger partial charge is 0.351 e. The van der Waals surface area contributed by atoms with E-state index >= 15 is 0 Å². The van der Waals surface area contributed by atoms with Gasteiger partial charge in [-0.3, -0.25) is 9.59 Å². The number of fused-ring (bicyclic) bond motifs is 3. The lowest BCUT2D eigenvalue weighted by molar-refractivity contribution is 0.0943. The maximum Gasteiger partial charge on any atom is 0.256 e. The zero-order valence-corrected chi connectivity index (χ0v) is 18.3. The van der Waals surface area contributed by atoms with Crippen LogP contribution in [0.1, 0.15) is 57.7 Å². The lowest BCUT2D eigenvalue weighted by Gasteiger charge is -2.32. The number of ketones is 1. The van der Waals surface area contributed by atoms with Gasteiger partial charge in [0.2, 0.25) is 0 Å². The number of hydrogen-bond acceptors (Lipinski definition) is 5. The summed E-state index contributed by atoms with van der Waals surface area (Å²) in [5.74, 6) is 0.689. The molecule has 0 atom stereocenters. The summed E-state index contributed by atoms with van der Waals surface area (Å²) in [5, 5.41) is 7.38. The lowest BCUT2D eigenvalue weighted by atomic mass is 9.90. The predicted molar refractivity (Wildman–Crippen MR) is 122 cm³/mol. The second-order valence-corrected chi connectivity index (χ2v) is 8.92. The molecule has 1 fully saturated rings. The molecule has 1 N–H and O–H groups in total. The van der Waals surface area contributed by atoms with Gasteiger partial charge in [0.05, 0.1) is 17.5 Å². The number of nitrogens with one attached hydrogen (secondary N) is 1. The van der Waals surface area contributed by atoms with E-state index in [1.54, 1.807) is 16.9 Å². The van der Waals surface area contributed by atoms with Gasteiger partial charge in [-0.1, -0.05) is 30.3 Å². The fourth-order valence-corrected chi connectivity index (χ4v) is 4.95. The van der Waals surface area contributed by atoms with Crippen LogP contribution in [-0.4, -0.2) is 57.4 Å². The zero-order chi connectivity index (χ0) is 21.9. The molecule has 1 aromatic carbocycles. The summed E-state index contributed by atoms with van der Waals surface area (Å²) in [6.07, 6.45) is 8.86. The molecule has 1 amide bonds. The molecule has 1 saturated heterocycles. The number of likely N-dealkylation sites (tertiary alicyclic amines) is 1. The minimum absolute atomic E-state index is 0.106. The molecule has 1 aliphatic carbocycles. The number of benzene rings is 1. The Morgan fingerprint density at radius 3 is 2.72 bits per heavy atom. The molecule has 166 valence electrons. The summed E-state index contributed by atoms with van der Waals surface area (Å²) >= 11 is 0. The van der Waals surface area contributed by atoms with Crippen LogP contribution in [0.25, 0.3) is 5.65 Å². The minimum atomic E-state index is -0.159. The molecule has 32 heavy (non-hydrogen) atoms. The van der Waals surface area contributed by atoms with Crippen LogP contribution in [0.3, 0.4) is 0 Å². The average molecular weight is 432 g/mol. The first kappa shape index (κ1) is 20.8. The van der Waals surface area contributed by atoms with Gasteiger partial charge < -0.3 is 10.2 Å². The normalized spacial score (nSPS) is 17.4. The first-order chi connectivity index (χ1) is 15.7. The topological polar surface area (TPSA) is 79.6 Å². The van der Waals surface area contributed by atoms with Crippen LogP contribution in [0.2, 0.25) is 0 Å². The third-order valence-corrected chi connectivity index (χ3v) is 6.78. The number of rotatable bonds is 6. The van der Waals surface area contributed by atoms with Crippen LogP contribution >= 0.6 is 0 Å². The van der Waals surface area contributed by atoms with E-state index in [1.165, 1.54) is 18.4 Å². The highest BCUT2D eigenvalue weighted by Crippen LogP contribution is 2.23. The van der Waals surface area contributed by atoms with Crippen LogP contribution in [0, 0.1) is 5.92 Å². The number of carbonyl (C=O) groups is 2. The molecular formula is C25H29N5O2. The van der Waals surface area contributed by atoms with Crippen molar-refractivity contribution < 1.29 is 9.59 Å². The van der Waals surface area contributed by atoms with Crippen molar-refractivity contribution in [2.45, 2.75) is 38.5 Å². The van der Waals surface area contributed by atoms with Crippen LogP contribution in [0.5, 0.6) is 0 Å². The van der Waals surface area contributed by atoms with E-state index in [2.05, 4.69) is 50.6 Å². The van der Waals surface area contributed by atoms with Gasteiger partial charge in [-0.2, -0.15) is 5.10 Å². The Balaban J connectivity index is 1.13. The van der Waals surface area contributed by atoms with Crippen molar-refractivity contribution in [2.24, 2.45) is 5.92 Å². The van der Waals surface area contributed by atoms with Gasteiger partial charge in [-0.05, 0) is 56.7 Å². The highest BCUT2D eigenvalue weighted by Gasteiger charge is 2.24. The van der Waals surface area contributed by atoms with E-state index in [1.807, 2.05) is 0 Å². The average Bonchev–Trinajstić information content (AvgIpc) is 3.26. The number of hydrogen-bond donors (Lipinski definition) is 1. The van der Waals surface area contributed by atoms with Gasteiger partial charge in [0, 0.05) is 25.7 Å². The highest BCUT2D eigenvalue weighted by molar-refractivity contribution is 6.01. The summed E-state index contributed by atoms with van der Waals surface area (Å²) in [6.45, 7) is 3.60. The number of Topliss-reactive ketones (excluding diaryl/α,β-unsaturated/α-hetero) is 1. The zero-order valence-electron chi connectivity index (χ0n) is 18.3. The number of nitrogens with zero attached hydrogens (tertiary/aromatic N) is 4. The number of aryl methyl sites for hydroxylation is 1. The molecular weight excluding hydrogens is 402 g/mol. The summed E-state index contributed by atoms with van der Waals surface area (Å²) in [6, 6.07) is 10.7.